The van der Waals surface area contributed by atoms with Crippen LogP contribution in [0.1, 0.15) is 12.8 Å². The standard InChI is InChI=1S/C15H17ClN4O3/c1-22-13-10-14(23-2)12(9-11(13)16)19-15(21)20(7-3-5-17)8-4-6-18/h9-10H,3-4,7-8H2,1-2H3,(H,19,21). The van der Waals surface area contributed by atoms with Crippen molar-refractivity contribution in [2.45, 2.75) is 12.8 Å². The van der Waals surface area contributed by atoms with E-state index in [4.69, 9.17) is 31.6 Å². The summed E-state index contributed by atoms with van der Waals surface area (Å²) in [4.78, 5) is 13.7. The summed E-state index contributed by atoms with van der Waals surface area (Å²) in [5, 5.41) is 20.3. The van der Waals surface area contributed by atoms with Crippen LogP contribution in [-0.2, 0) is 0 Å². The van der Waals surface area contributed by atoms with Crippen LogP contribution in [0.4, 0.5) is 10.5 Å². The zero-order chi connectivity index (χ0) is 17.2. The average Bonchev–Trinajstić information content (AvgIpc) is 2.55. The van der Waals surface area contributed by atoms with E-state index in [2.05, 4.69) is 5.32 Å². The van der Waals surface area contributed by atoms with Gasteiger partial charge in [0.1, 0.15) is 11.5 Å². The largest absolute Gasteiger partial charge is 0.495 e. The number of hydrogen-bond donors (Lipinski definition) is 1. The lowest BCUT2D eigenvalue weighted by Crippen LogP contribution is -2.36. The van der Waals surface area contributed by atoms with Crippen molar-refractivity contribution in [1.29, 1.82) is 10.5 Å². The van der Waals surface area contributed by atoms with E-state index in [-0.39, 0.29) is 25.9 Å². The molecule has 1 aromatic rings. The molecule has 1 N–H and O–H groups in total. The van der Waals surface area contributed by atoms with Crippen molar-refractivity contribution in [3.63, 3.8) is 0 Å². The van der Waals surface area contributed by atoms with Crippen LogP contribution >= 0.6 is 11.6 Å². The van der Waals surface area contributed by atoms with Crippen molar-refractivity contribution < 1.29 is 14.3 Å². The van der Waals surface area contributed by atoms with Gasteiger partial charge in [0.25, 0.3) is 0 Å². The molecule has 7 nitrogen and oxygen atoms in total. The second-order valence-electron chi connectivity index (χ2n) is 4.42. The van der Waals surface area contributed by atoms with Crippen LogP contribution in [0.3, 0.4) is 0 Å². The van der Waals surface area contributed by atoms with Gasteiger partial charge in [0.05, 0.1) is 49.9 Å². The molecular formula is C15H17ClN4O3. The van der Waals surface area contributed by atoms with Gasteiger partial charge in [-0.1, -0.05) is 11.6 Å². The van der Waals surface area contributed by atoms with Crippen LogP contribution in [0.5, 0.6) is 11.5 Å². The van der Waals surface area contributed by atoms with Gasteiger partial charge in [0.2, 0.25) is 0 Å². The lowest BCUT2D eigenvalue weighted by Gasteiger charge is -2.22. The predicted octanol–water partition coefficient (Wildman–Crippen LogP) is 3.02. The van der Waals surface area contributed by atoms with Crippen molar-refractivity contribution in [1.82, 2.24) is 4.90 Å². The first-order valence-corrected chi connectivity index (χ1v) is 7.16. The van der Waals surface area contributed by atoms with Gasteiger partial charge in [0.15, 0.2) is 0 Å². The van der Waals surface area contributed by atoms with E-state index in [1.54, 1.807) is 6.07 Å². The van der Waals surface area contributed by atoms with Crippen LogP contribution in [0.2, 0.25) is 5.02 Å². The summed E-state index contributed by atoms with van der Waals surface area (Å²) >= 11 is 6.06. The minimum absolute atomic E-state index is 0.180. The van der Waals surface area contributed by atoms with Crippen LogP contribution in [0.15, 0.2) is 12.1 Å². The molecule has 0 spiro atoms. The number of amides is 2. The second-order valence-corrected chi connectivity index (χ2v) is 4.83. The minimum Gasteiger partial charge on any atom is -0.495 e. The predicted molar refractivity (Wildman–Crippen MR) is 85.6 cm³/mol. The Balaban J connectivity index is 2.95. The highest BCUT2D eigenvalue weighted by Crippen LogP contribution is 2.35. The van der Waals surface area contributed by atoms with E-state index in [1.807, 2.05) is 12.1 Å². The van der Waals surface area contributed by atoms with Crippen LogP contribution in [0, 0.1) is 22.7 Å². The number of halogens is 1. The van der Waals surface area contributed by atoms with E-state index in [0.29, 0.717) is 22.2 Å². The Kier molecular flexibility index (Phi) is 7.52. The second kappa shape index (κ2) is 9.39. The van der Waals surface area contributed by atoms with E-state index >= 15 is 0 Å². The van der Waals surface area contributed by atoms with Gasteiger partial charge in [-0.05, 0) is 6.07 Å². The number of urea groups is 1. The Morgan fingerprint density at radius 2 is 1.74 bits per heavy atom. The number of benzene rings is 1. The maximum atomic E-state index is 12.3. The van der Waals surface area contributed by atoms with Gasteiger partial charge in [-0.2, -0.15) is 10.5 Å². The third kappa shape index (κ3) is 5.24. The fourth-order valence-electron chi connectivity index (χ4n) is 1.84. The summed E-state index contributed by atoms with van der Waals surface area (Å²) in [5.41, 5.74) is 0.377. The highest BCUT2D eigenvalue weighted by molar-refractivity contribution is 6.32. The first-order valence-electron chi connectivity index (χ1n) is 6.78. The van der Waals surface area contributed by atoms with Gasteiger partial charge >= 0.3 is 6.03 Å². The summed E-state index contributed by atoms with van der Waals surface area (Å²) in [6, 6.07) is 6.59. The number of hydrogen-bond acceptors (Lipinski definition) is 5. The van der Waals surface area contributed by atoms with Crippen molar-refractivity contribution >= 4 is 23.3 Å². The molecule has 1 aromatic carbocycles. The molecule has 0 aromatic heterocycles. The third-order valence-electron chi connectivity index (χ3n) is 2.99. The zero-order valence-electron chi connectivity index (χ0n) is 12.9. The molecular weight excluding hydrogens is 320 g/mol. The monoisotopic (exact) mass is 336 g/mol. The number of ether oxygens (including phenoxy) is 2. The van der Waals surface area contributed by atoms with Gasteiger partial charge in [-0.15, -0.1) is 0 Å². The average molecular weight is 337 g/mol. The first kappa shape index (κ1) is 18.4. The molecule has 0 saturated carbocycles. The lowest BCUT2D eigenvalue weighted by atomic mass is 10.2. The molecule has 0 heterocycles. The molecule has 1 rings (SSSR count). The number of anilines is 1. The van der Waals surface area contributed by atoms with E-state index in [0.717, 1.165) is 0 Å². The fraction of sp³-hybridized carbons (Fsp3) is 0.400. The molecule has 2 amide bonds. The molecule has 8 heteroatoms. The molecule has 0 fully saturated rings. The summed E-state index contributed by atoms with van der Waals surface area (Å²) < 4.78 is 10.3. The number of methoxy groups -OCH3 is 2. The Morgan fingerprint density at radius 3 is 2.22 bits per heavy atom. The minimum atomic E-state index is -0.435. The molecule has 0 unspecified atom stereocenters. The van der Waals surface area contributed by atoms with Crippen LogP contribution < -0.4 is 14.8 Å². The van der Waals surface area contributed by atoms with Crippen LogP contribution in [-0.4, -0.2) is 38.2 Å². The van der Waals surface area contributed by atoms with Crippen molar-refractivity contribution in [2.75, 3.05) is 32.6 Å². The molecule has 23 heavy (non-hydrogen) atoms. The molecule has 0 radical (unpaired) electrons. The quantitative estimate of drug-likeness (QED) is 0.825. The number of carbonyl (C=O) groups is 1. The summed E-state index contributed by atoms with van der Waals surface area (Å²) in [6.07, 6.45) is 0.360. The van der Waals surface area contributed by atoms with E-state index in [9.17, 15) is 4.79 Å². The normalized spacial score (nSPS) is 9.43. The highest BCUT2D eigenvalue weighted by atomic mass is 35.5. The van der Waals surface area contributed by atoms with Gasteiger partial charge < -0.3 is 19.7 Å². The van der Waals surface area contributed by atoms with Crippen molar-refractivity contribution in [2.24, 2.45) is 0 Å². The smallest absolute Gasteiger partial charge is 0.322 e. The Labute approximate surface area is 140 Å². The molecule has 0 aliphatic rings. The number of nitriles is 2. The third-order valence-corrected chi connectivity index (χ3v) is 3.29. The van der Waals surface area contributed by atoms with E-state index in [1.165, 1.54) is 25.2 Å². The maximum absolute atomic E-state index is 12.3. The molecule has 0 aliphatic heterocycles. The molecule has 0 aliphatic carbocycles. The highest BCUT2D eigenvalue weighted by Gasteiger charge is 2.17. The number of nitrogens with zero attached hydrogens (tertiary/aromatic N) is 3. The van der Waals surface area contributed by atoms with Gasteiger partial charge in [0, 0.05) is 19.2 Å². The molecule has 0 saturated heterocycles. The number of nitrogens with one attached hydrogen (secondary N) is 1. The van der Waals surface area contributed by atoms with E-state index < -0.39 is 6.03 Å². The van der Waals surface area contributed by atoms with Crippen molar-refractivity contribution in [3.05, 3.63) is 17.2 Å². The fourth-order valence-corrected chi connectivity index (χ4v) is 2.08. The summed E-state index contributed by atoms with van der Waals surface area (Å²) in [6.45, 7) is 0.465. The number of carbonyl (C=O) groups excluding carboxylic acids is 1. The molecule has 0 bridgehead atoms. The molecule has 0 atom stereocenters. The summed E-state index contributed by atoms with van der Waals surface area (Å²) in [5.74, 6) is 0.812. The van der Waals surface area contributed by atoms with Crippen LogP contribution in [0.25, 0.3) is 0 Å². The Hall–Kier alpha value is -2.64. The lowest BCUT2D eigenvalue weighted by molar-refractivity contribution is 0.214. The maximum Gasteiger partial charge on any atom is 0.322 e. The Morgan fingerprint density at radius 1 is 1.17 bits per heavy atom. The first-order chi connectivity index (χ1) is 11.1. The van der Waals surface area contributed by atoms with Crippen molar-refractivity contribution in [3.8, 4) is 23.6 Å². The topological polar surface area (TPSA) is 98.4 Å². The molecule has 122 valence electrons. The summed E-state index contributed by atoms with van der Waals surface area (Å²) in [7, 11) is 2.94. The van der Waals surface area contributed by atoms with Gasteiger partial charge in [-0.3, -0.25) is 0 Å². The zero-order valence-corrected chi connectivity index (χ0v) is 13.7. The SMILES string of the molecule is COc1cc(OC)c(NC(=O)N(CCC#N)CCC#N)cc1Cl. The number of rotatable bonds is 7. The van der Waals surface area contributed by atoms with Gasteiger partial charge in [-0.25, -0.2) is 4.79 Å². The Bertz CT molecular complexity index is 619.